The fraction of sp³-hybridized carbons (Fsp3) is 0.207. The Hall–Kier alpha value is -4.63. The van der Waals surface area contributed by atoms with E-state index in [9.17, 15) is 19.5 Å². The summed E-state index contributed by atoms with van der Waals surface area (Å²) in [7, 11) is 0. The summed E-state index contributed by atoms with van der Waals surface area (Å²) >= 11 is 0. The average Bonchev–Trinajstić information content (AvgIpc) is 2.91. The standard InChI is InChI=1S/C29H31N3O6/c1-19(11-16-27(35)32-25-9-5-4-8-24(25)30)28(23-7-3-6-10-26(23)37-18-17-33)38-29(36)31-22-14-12-21(13-15-22)20(2)34/h3-16,19,28,33H,17-18,30H2,1-2H3,(H,31,36)(H,32,35)/b16-11+/t19-,28+/m0/s1. The van der Waals surface area contributed by atoms with E-state index in [0.717, 1.165) is 0 Å². The molecule has 3 aromatic carbocycles. The Kier molecular flexibility index (Phi) is 10.0. The highest BCUT2D eigenvalue weighted by atomic mass is 16.6. The molecule has 0 saturated heterocycles. The molecule has 9 heteroatoms. The molecular weight excluding hydrogens is 486 g/mol. The lowest BCUT2D eigenvalue weighted by Crippen LogP contribution is -2.22. The Morgan fingerprint density at radius 3 is 2.34 bits per heavy atom. The number of carbonyl (C=O) groups excluding carboxylic acids is 3. The number of nitrogen functional groups attached to an aromatic ring is 1. The first kappa shape index (κ1) is 27.9. The molecule has 2 amide bonds. The minimum absolute atomic E-state index is 0.0591. The van der Waals surface area contributed by atoms with Crippen LogP contribution in [0.3, 0.4) is 0 Å². The van der Waals surface area contributed by atoms with Crippen LogP contribution in [0.15, 0.2) is 84.9 Å². The van der Waals surface area contributed by atoms with Gasteiger partial charge in [0.15, 0.2) is 5.78 Å². The monoisotopic (exact) mass is 517 g/mol. The zero-order valence-electron chi connectivity index (χ0n) is 21.2. The first-order valence-electron chi connectivity index (χ1n) is 12.0. The lowest BCUT2D eigenvalue weighted by atomic mass is 9.95. The highest BCUT2D eigenvalue weighted by Gasteiger charge is 2.26. The Morgan fingerprint density at radius 2 is 1.66 bits per heavy atom. The highest BCUT2D eigenvalue weighted by molar-refractivity contribution is 6.01. The first-order chi connectivity index (χ1) is 18.3. The Labute approximate surface area is 221 Å². The zero-order chi connectivity index (χ0) is 27.5. The van der Waals surface area contributed by atoms with Crippen LogP contribution in [0.2, 0.25) is 0 Å². The van der Waals surface area contributed by atoms with Gasteiger partial charge in [0.2, 0.25) is 5.91 Å². The number of hydrogen-bond donors (Lipinski definition) is 4. The lowest BCUT2D eigenvalue weighted by Gasteiger charge is -2.25. The second kappa shape index (κ2) is 13.6. The van der Waals surface area contributed by atoms with Crippen molar-refractivity contribution in [2.24, 2.45) is 5.92 Å². The molecule has 0 saturated carbocycles. The molecule has 0 radical (unpaired) electrons. The van der Waals surface area contributed by atoms with E-state index in [-0.39, 0.29) is 19.0 Å². The molecule has 0 aliphatic rings. The Morgan fingerprint density at radius 1 is 0.974 bits per heavy atom. The van der Waals surface area contributed by atoms with Gasteiger partial charge in [-0.1, -0.05) is 43.3 Å². The fourth-order valence-electron chi connectivity index (χ4n) is 3.63. The number of aliphatic hydroxyl groups excluding tert-OH is 1. The number of benzene rings is 3. The summed E-state index contributed by atoms with van der Waals surface area (Å²) in [5.41, 5.74) is 8.35. The van der Waals surface area contributed by atoms with Crippen LogP contribution >= 0.6 is 0 Å². The molecule has 0 aliphatic heterocycles. The van der Waals surface area contributed by atoms with Crippen molar-refractivity contribution in [3.8, 4) is 5.75 Å². The minimum atomic E-state index is -0.841. The largest absolute Gasteiger partial charge is 0.491 e. The summed E-state index contributed by atoms with van der Waals surface area (Å²) in [6, 6.07) is 20.3. The van der Waals surface area contributed by atoms with Gasteiger partial charge in [-0.05, 0) is 55.5 Å². The molecule has 2 atom stereocenters. The zero-order valence-corrected chi connectivity index (χ0v) is 21.2. The first-order valence-corrected chi connectivity index (χ1v) is 12.0. The maximum Gasteiger partial charge on any atom is 0.412 e. The molecule has 0 bridgehead atoms. The van der Waals surface area contributed by atoms with Gasteiger partial charge in [0, 0.05) is 22.7 Å². The molecule has 0 aliphatic carbocycles. The van der Waals surface area contributed by atoms with E-state index in [1.165, 1.54) is 13.0 Å². The molecule has 0 aromatic heterocycles. The van der Waals surface area contributed by atoms with Gasteiger partial charge in [0.05, 0.1) is 18.0 Å². The molecule has 0 unspecified atom stereocenters. The smallest absolute Gasteiger partial charge is 0.412 e. The summed E-state index contributed by atoms with van der Waals surface area (Å²) in [5.74, 6) is -0.503. The number of para-hydroxylation sites is 3. The van der Waals surface area contributed by atoms with Gasteiger partial charge in [-0.15, -0.1) is 0 Å². The number of carbonyl (C=O) groups is 3. The van der Waals surface area contributed by atoms with Crippen LogP contribution in [0.1, 0.15) is 35.9 Å². The number of rotatable bonds is 11. The van der Waals surface area contributed by atoms with E-state index >= 15 is 0 Å². The summed E-state index contributed by atoms with van der Waals surface area (Å²) in [6.07, 6.45) is 1.40. The number of nitrogens with one attached hydrogen (secondary N) is 2. The molecule has 38 heavy (non-hydrogen) atoms. The Balaban J connectivity index is 1.80. The van der Waals surface area contributed by atoms with Crippen LogP contribution in [0.25, 0.3) is 0 Å². The van der Waals surface area contributed by atoms with Crippen molar-refractivity contribution in [2.45, 2.75) is 20.0 Å². The van der Waals surface area contributed by atoms with E-state index in [1.54, 1.807) is 85.8 Å². The number of ether oxygens (including phenoxy) is 2. The van der Waals surface area contributed by atoms with E-state index in [2.05, 4.69) is 10.6 Å². The summed E-state index contributed by atoms with van der Waals surface area (Å²) in [4.78, 5) is 36.9. The number of ketones is 1. The maximum atomic E-state index is 12.9. The fourth-order valence-corrected chi connectivity index (χ4v) is 3.63. The van der Waals surface area contributed by atoms with Crippen molar-refractivity contribution < 1.29 is 29.0 Å². The SMILES string of the molecule is CC(=O)c1ccc(NC(=O)O[C@@H](c2ccccc2OCCO)[C@@H](C)/C=C/C(=O)Nc2ccccc2N)cc1. The Bertz CT molecular complexity index is 1290. The van der Waals surface area contributed by atoms with Gasteiger partial charge >= 0.3 is 6.09 Å². The molecule has 5 N–H and O–H groups in total. The molecule has 0 fully saturated rings. The van der Waals surface area contributed by atoms with Crippen molar-refractivity contribution >= 4 is 34.8 Å². The van der Waals surface area contributed by atoms with Crippen LogP contribution in [0.5, 0.6) is 5.75 Å². The van der Waals surface area contributed by atoms with Crippen molar-refractivity contribution in [3.05, 3.63) is 96.1 Å². The van der Waals surface area contributed by atoms with Gasteiger partial charge in [-0.2, -0.15) is 0 Å². The molecule has 3 aromatic rings. The minimum Gasteiger partial charge on any atom is -0.491 e. The number of Topliss-reactive ketones (excluding diaryl/α,β-unsaturated/α-hetero) is 1. The molecule has 198 valence electrons. The third-order valence-electron chi connectivity index (χ3n) is 5.59. The number of aliphatic hydroxyl groups is 1. The normalized spacial score (nSPS) is 12.4. The van der Waals surface area contributed by atoms with E-state index < -0.39 is 24.0 Å². The van der Waals surface area contributed by atoms with Crippen molar-refractivity contribution in [3.63, 3.8) is 0 Å². The van der Waals surface area contributed by atoms with Crippen molar-refractivity contribution in [2.75, 3.05) is 29.6 Å². The predicted molar refractivity (Wildman–Crippen MR) is 146 cm³/mol. The number of anilines is 3. The summed E-state index contributed by atoms with van der Waals surface area (Å²) in [6.45, 7) is 3.13. The molecule has 3 rings (SSSR count). The van der Waals surface area contributed by atoms with Crippen LogP contribution in [-0.4, -0.2) is 36.1 Å². The van der Waals surface area contributed by atoms with Crippen LogP contribution in [0.4, 0.5) is 21.9 Å². The third kappa shape index (κ3) is 7.94. The van der Waals surface area contributed by atoms with Crippen LogP contribution in [0, 0.1) is 5.92 Å². The third-order valence-corrected chi connectivity index (χ3v) is 5.59. The molecular formula is C29H31N3O6. The molecule has 0 spiro atoms. The quantitative estimate of drug-likeness (QED) is 0.160. The second-order valence-corrected chi connectivity index (χ2v) is 8.49. The van der Waals surface area contributed by atoms with E-state index in [1.807, 2.05) is 0 Å². The summed E-state index contributed by atoms with van der Waals surface area (Å²) in [5, 5.41) is 14.6. The maximum absolute atomic E-state index is 12.9. The van der Waals surface area contributed by atoms with E-state index in [0.29, 0.717) is 33.9 Å². The number of nitrogens with two attached hydrogens (primary N) is 1. The summed E-state index contributed by atoms with van der Waals surface area (Å²) < 4.78 is 11.5. The second-order valence-electron chi connectivity index (χ2n) is 8.49. The van der Waals surface area contributed by atoms with Gasteiger partial charge in [0.1, 0.15) is 18.5 Å². The van der Waals surface area contributed by atoms with Crippen molar-refractivity contribution in [1.82, 2.24) is 0 Å². The highest BCUT2D eigenvalue weighted by Crippen LogP contribution is 2.34. The number of amides is 2. The molecule has 0 heterocycles. The van der Waals surface area contributed by atoms with Gasteiger partial charge in [-0.3, -0.25) is 14.9 Å². The van der Waals surface area contributed by atoms with Crippen LogP contribution in [-0.2, 0) is 9.53 Å². The van der Waals surface area contributed by atoms with E-state index in [4.69, 9.17) is 15.2 Å². The topological polar surface area (TPSA) is 140 Å². The lowest BCUT2D eigenvalue weighted by molar-refractivity contribution is -0.111. The van der Waals surface area contributed by atoms with Gasteiger partial charge < -0.3 is 25.6 Å². The average molecular weight is 518 g/mol. The van der Waals surface area contributed by atoms with Gasteiger partial charge in [0.25, 0.3) is 0 Å². The van der Waals surface area contributed by atoms with Crippen molar-refractivity contribution in [1.29, 1.82) is 0 Å². The van der Waals surface area contributed by atoms with Gasteiger partial charge in [-0.25, -0.2) is 4.79 Å². The number of hydrogen-bond acceptors (Lipinski definition) is 7. The predicted octanol–water partition coefficient (Wildman–Crippen LogP) is 4.96. The van der Waals surface area contributed by atoms with Crippen LogP contribution < -0.4 is 21.1 Å². The molecule has 9 nitrogen and oxygen atoms in total.